The molecule has 0 radical (unpaired) electrons. The summed E-state index contributed by atoms with van der Waals surface area (Å²) in [5, 5.41) is 0. The second-order valence-electron chi connectivity index (χ2n) is 7.27. The number of nitrogen functional groups attached to an aromatic ring is 1. The van der Waals surface area contributed by atoms with Crippen LogP contribution in [-0.2, 0) is 14.3 Å². The second-order valence-corrected chi connectivity index (χ2v) is 7.27. The Hall–Kier alpha value is -2.54. The Kier molecular flexibility index (Phi) is 4.11. The molecule has 1 aliphatic carbocycles. The van der Waals surface area contributed by atoms with Crippen molar-refractivity contribution in [3.05, 3.63) is 36.3 Å². The molecule has 3 heterocycles. The maximum absolute atomic E-state index is 12.0. The Morgan fingerprint density at radius 3 is 3.15 bits per heavy atom. The van der Waals surface area contributed by atoms with E-state index >= 15 is 0 Å². The minimum atomic E-state index is -0.301. The standard InChI is InChI=1S/C19H22N4O3/c1-11-13-6-5-12(8-22-17-14(20)9-21-10-23-17)4-3-7-19(2)16(26-19)15(13)25-18(11)24/h4,8-10,13,15-16H,1,3,5-7,20H2,2H3/b12-4+,22-8?/t13-,15-,16-,19+/m0/s1. The number of carbonyl (C=O) groups is 1. The number of rotatable bonds is 2. The van der Waals surface area contributed by atoms with Crippen LogP contribution in [0.2, 0.25) is 0 Å². The molecule has 0 aromatic carbocycles. The summed E-state index contributed by atoms with van der Waals surface area (Å²) in [5.74, 6) is 0.135. The van der Waals surface area contributed by atoms with Crippen molar-refractivity contribution < 1.29 is 14.3 Å². The molecular formula is C19H22N4O3. The van der Waals surface area contributed by atoms with Crippen LogP contribution in [0.1, 0.15) is 32.6 Å². The van der Waals surface area contributed by atoms with Crippen LogP contribution in [0.5, 0.6) is 0 Å². The van der Waals surface area contributed by atoms with Crippen LogP contribution in [0.25, 0.3) is 0 Å². The molecule has 4 rings (SSSR count). The summed E-state index contributed by atoms with van der Waals surface area (Å²) in [7, 11) is 0. The van der Waals surface area contributed by atoms with Crippen molar-refractivity contribution in [2.24, 2.45) is 10.9 Å². The number of aromatic nitrogens is 2. The van der Waals surface area contributed by atoms with E-state index < -0.39 is 0 Å². The van der Waals surface area contributed by atoms with Crippen molar-refractivity contribution in [1.29, 1.82) is 0 Å². The minimum Gasteiger partial charge on any atom is -0.455 e. The molecule has 3 aliphatic rings. The third kappa shape index (κ3) is 3.03. The van der Waals surface area contributed by atoms with E-state index in [1.807, 2.05) is 0 Å². The molecule has 0 saturated carbocycles. The highest BCUT2D eigenvalue weighted by atomic mass is 16.6. The molecule has 7 nitrogen and oxygen atoms in total. The third-order valence-corrected chi connectivity index (χ3v) is 5.45. The van der Waals surface area contributed by atoms with Crippen LogP contribution in [0.3, 0.4) is 0 Å². The number of epoxide rings is 1. The Morgan fingerprint density at radius 1 is 1.50 bits per heavy atom. The van der Waals surface area contributed by atoms with Crippen LogP contribution >= 0.6 is 0 Å². The average molecular weight is 354 g/mol. The maximum Gasteiger partial charge on any atom is 0.334 e. The number of hydrogen-bond acceptors (Lipinski definition) is 7. The third-order valence-electron chi connectivity index (χ3n) is 5.45. The van der Waals surface area contributed by atoms with Gasteiger partial charge in [0, 0.05) is 17.7 Å². The first kappa shape index (κ1) is 16.9. The van der Waals surface area contributed by atoms with Gasteiger partial charge < -0.3 is 15.2 Å². The van der Waals surface area contributed by atoms with Crippen molar-refractivity contribution in [2.45, 2.75) is 50.4 Å². The molecule has 1 aromatic heterocycles. The molecule has 26 heavy (non-hydrogen) atoms. The van der Waals surface area contributed by atoms with Gasteiger partial charge in [0.15, 0.2) is 5.82 Å². The predicted molar refractivity (Wildman–Crippen MR) is 96.9 cm³/mol. The zero-order valence-corrected chi connectivity index (χ0v) is 14.7. The fourth-order valence-electron chi connectivity index (χ4n) is 3.79. The molecule has 0 unspecified atom stereocenters. The number of nitrogens with zero attached hydrogens (tertiary/aromatic N) is 3. The van der Waals surface area contributed by atoms with Crippen molar-refractivity contribution >= 4 is 23.7 Å². The topological polar surface area (TPSA) is 103 Å². The quantitative estimate of drug-likeness (QED) is 0.379. The van der Waals surface area contributed by atoms with E-state index in [1.54, 1.807) is 6.21 Å². The lowest BCUT2D eigenvalue weighted by atomic mass is 9.84. The van der Waals surface area contributed by atoms with Gasteiger partial charge in [0.1, 0.15) is 18.5 Å². The lowest BCUT2D eigenvalue weighted by molar-refractivity contribution is -0.140. The van der Waals surface area contributed by atoms with Crippen LogP contribution in [-0.4, -0.2) is 40.0 Å². The smallest absolute Gasteiger partial charge is 0.334 e. The molecule has 2 N–H and O–H groups in total. The first-order valence-electron chi connectivity index (χ1n) is 8.84. The lowest BCUT2D eigenvalue weighted by Crippen LogP contribution is -2.28. The lowest BCUT2D eigenvalue weighted by Gasteiger charge is -2.19. The van der Waals surface area contributed by atoms with Crippen molar-refractivity contribution in [2.75, 3.05) is 5.73 Å². The average Bonchev–Trinajstić information content (AvgIpc) is 3.21. The highest BCUT2D eigenvalue weighted by Gasteiger charge is 2.61. The molecule has 7 heteroatoms. The Morgan fingerprint density at radius 2 is 2.35 bits per heavy atom. The fourth-order valence-corrected chi connectivity index (χ4v) is 3.79. The van der Waals surface area contributed by atoms with E-state index in [0.717, 1.165) is 31.3 Å². The summed E-state index contributed by atoms with van der Waals surface area (Å²) in [4.78, 5) is 24.3. The van der Waals surface area contributed by atoms with Gasteiger partial charge in [-0.3, -0.25) is 0 Å². The van der Waals surface area contributed by atoms with Gasteiger partial charge in [-0.25, -0.2) is 19.8 Å². The highest BCUT2D eigenvalue weighted by molar-refractivity contribution is 5.91. The first-order chi connectivity index (χ1) is 12.5. The van der Waals surface area contributed by atoms with Gasteiger partial charge in [0.25, 0.3) is 0 Å². The van der Waals surface area contributed by atoms with Crippen molar-refractivity contribution in [1.82, 2.24) is 9.97 Å². The van der Waals surface area contributed by atoms with Crippen molar-refractivity contribution in [3.8, 4) is 0 Å². The van der Waals surface area contributed by atoms with Gasteiger partial charge >= 0.3 is 5.97 Å². The van der Waals surface area contributed by atoms with E-state index in [1.165, 1.54) is 12.5 Å². The van der Waals surface area contributed by atoms with E-state index in [2.05, 4.69) is 34.5 Å². The monoisotopic (exact) mass is 354 g/mol. The van der Waals surface area contributed by atoms with E-state index in [4.69, 9.17) is 15.2 Å². The number of allylic oxidation sites excluding steroid dienone is 2. The zero-order valence-electron chi connectivity index (χ0n) is 14.7. The van der Waals surface area contributed by atoms with E-state index in [9.17, 15) is 4.79 Å². The number of hydrogen-bond donors (Lipinski definition) is 1. The van der Waals surface area contributed by atoms with Gasteiger partial charge in [-0.1, -0.05) is 12.7 Å². The number of anilines is 1. The first-order valence-corrected chi connectivity index (χ1v) is 8.84. The summed E-state index contributed by atoms with van der Waals surface area (Å²) in [6, 6.07) is 0. The molecule has 2 aliphatic heterocycles. The molecule has 136 valence electrons. The van der Waals surface area contributed by atoms with Crippen LogP contribution in [0, 0.1) is 5.92 Å². The molecule has 0 amide bonds. The SMILES string of the molecule is C=C1C(=O)O[C@H]2[C@H]1CC/C(C=Nc1ncncc1N)=C\CC[C@@]1(C)O[C@@H]21. The summed E-state index contributed by atoms with van der Waals surface area (Å²) < 4.78 is 11.5. The fraction of sp³-hybridized carbons (Fsp3) is 0.474. The Bertz CT molecular complexity index is 819. The minimum absolute atomic E-state index is 0.0201. The predicted octanol–water partition coefficient (Wildman–Crippen LogP) is 2.52. The van der Waals surface area contributed by atoms with Crippen molar-refractivity contribution in [3.63, 3.8) is 0 Å². The molecule has 1 aromatic rings. The molecule has 0 bridgehead atoms. The van der Waals surface area contributed by atoms with Crippen LogP contribution < -0.4 is 5.73 Å². The second kappa shape index (κ2) is 6.32. The molecular weight excluding hydrogens is 332 g/mol. The van der Waals surface area contributed by atoms with E-state index in [-0.39, 0.29) is 29.7 Å². The number of ether oxygens (including phenoxy) is 2. The van der Waals surface area contributed by atoms with Gasteiger partial charge in [0.2, 0.25) is 0 Å². The molecule has 4 atom stereocenters. The van der Waals surface area contributed by atoms with Crippen LogP contribution in [0.15, 0.2) is 41.3 Å². The zero-order chi connectivity index (χ0) is 18.3. The number of fused-ring (bicyclic) bond motifs is 3. The highest BCUT2D eigenvalue weighted by Crippen LogP contribution is 2.49. The summed E-state index contributed by atoms with van der Waals surface area (Å²) in [6.07, 6.45) is 9.95. The summed E-state index contributed by atoms with van der Waals surface area (Å²) in [6.45, 7) is 6.01. The Balaban J connectivity index is 1.56. The van der Waals surface area contributed by atoms with Gasteiger partial charge in [-0.2, -0.15) is 0 Å². The van der Waals surface area contributed by atoms with Gasteiger partial charge in [-0.15, -0.1) is 0 Å². The number of esters is 1. The largest absolute Gasteiger partial charge is 0.455 e. The number of carbonyl (C=O) groups excluding carboxylic acids is 1. The summed E-state index contributed by atoms with van der Waals surface area (Å²) in [5.41, 5.74) is 7.67. The number of nitrogens with two attached hydrogens (primary N) is 1. The van der Waals surface area contributed by atoms with E-state index in [0.29, 0.717) is 17.1 Å². The maximum atomic E-state index is 12.0. The summed E-state index contributed by atoms with van der Waals surface area (Å²) >= 11 is 0. The van der Waals surface area contributed by atoms with Gasteiger partial charge in [0.05, 0.1) is 17.5 Å². The molecule has 0 spiro atoms. The molecule has 2 fully saturated rings. The van der Waals surface area contributed by atoms with Crippen LogP contribution in [0.4, 0.5) is 11.5 Å². The van der Waals surface area contributed by atoms with Gasteiger partial charge in [-0.05, 0) is 38.2 Å². The molecule has 2 saturated heterocycles. The number of aliphatic imine (C=N–C) groups is 1. The Labute approximate surface area is 152 Å². The normalized spacial score (nSPS) is 36.0.